The molecule has 1 aliphatic rings. The monoisotopic (exact) mass is 590 g/mol. The summed E-state index contributed by atoms with van der Waals surface area (Å²) in [5.41, 5.74) is 1.17. The van der Waals surface area contributed by atoms with Gasteiger partial charge in [0.05, 0.1) is 19.8 Å². The van der Waals surface area contributed by atoms with Gasteiger partial charge in [0, 0.05) is 13.5 Å². The molecule has 0 bridgehead atoms. The van der Waals surface area contributed by atoms with Crippen molar-refractivity contribution in [2.24, 2.45) is 0 Å². The number of rotatable bonds is 10. The van der Waals surface area contributed by atoms with E-state index in [1.54, 1.807) is 23.0 Å². The highest BCUT2D eigenvalue weighted by atomic mass is 127. The van der Waals surface area contributed by atoms with Crippen LogP contribution in [0.5, 0.6) is 17.2 Å². The molecule has 1 fully saturated rings. The van der Waals surface area contributed by atoms with E-state index in [9.17, 15) is 9.90 Å². The average Bonchev–Trinajstić information content (AvgIpc) is 2.86. The van der Waals surface area contributed by atoms with E-state index in [1.807, 2.05) is 30.3 Å². The molecule has 0 spiro atoms. The molecular formula is C24H31IO9. The molecule has 1 heterocycles. The number of halogens is 1. The predicted molar refractivity (Wildman–Crippen MR) is 133 cm³/mol. The fraction of sp³-hybridized carbons (Fsp3) is 0.458. The van der Waals surface area contributed by atoms with Crippen molar-refractivity contribution in [1.82, 2.24) is 0 Å². The molecule has 10 heteroatoms. The molecule has 188 valence electrons. The average molecular weight is 590 g/mol. The highest BCUT2D eigenvalue weighted by molar-refractivity contribution is 14.1. The summed E-state index contributed by atoms with van der Waals surface area (Å²) in [7, 11) is 4.44. The third-order valence-electron chi connectivity index (χ3n) is 5.19. The summed E-state index contributed by atoms with van der Waals surface area (Å²) in [5.74, 6) is 0.382. The molecule has 4 atom stereocenters. The van der Waals surface area contributed by atoms with Crippen LogP contribution in [0.2, 0.25) is 0 Å². The Balaban J connectivity index is 0.00000408. The van der Waals surface area contributed by atoms with Crippen molar-refractivity contribution in [3.63, 3.8) is 0 Å². The van der Waals surface area contributed by atoms with Crippen molar-refractivity contribution < 1.29 is 41.4 Å². The van der Waals surface area contributed by atoms with Crippen LogP contribution in [0.25, 0.3) is 0 Å². The predicted octanol–water partition coefficient (Wildman–Crippen LogP) is 3.93. The van der Waals surface area contributed by atoms with E-state index >= 15 is 0 Å². The van der Waals surface area contributed by atoms with E-state index < -0.39 is 30.6 Å². The van der Waals surface area contributed by atoms with Gasteiger partial charge in [0.1, 0.15) is 54.5 Å². The summed E-state index contributed by atoms with van der Waals surface area (Å²) in [6.45, 7) is 0.113. The zero-order valence-electron chi connectivity index (χ0n) is 18.6. The molecule has 1 saturated heterocycles. The van der Waals surface area contributed by atoms with Crippen LogP contribution in [-0.4, -0.2) is 63.6 Å². The second-order valence-electron chi connectivity index (χ2n) is 7.28. The zero-order valence-corrected chi connectivity index (χ0v) is 20.7. The van der Waals surface area contributed by atoms with Gasteiger partial charge >= 0.3 is 5.97 Å². The third kappa shape index (κ3) is 6.95. The summed E-state index contributed by atoms with van der Waals surface area (Å²) in [6.07, 6.45) is -2.49. The fourth-order valence-electron chi connectivity index (χ4n) is 3.39. The van der Waals surface area contributed by atoms with Gasteiger partial charge < -0.3 is 36.6 Å². The molecule has 1 N–H and O–H groups in total. The summed E-state index contributed by atoms with van der Waals surface area (Å²) < 4.78 is 38.3. The molecule has 2 aromatic carbocycles. The number of hydrogen-bond donors (Lipinski definition) is 1. The van der Waals surface area contributed by atoms with Crippen molar-refractivity contribution in [1.29, 1.82) is 0 Å². The molecule has 0 saturated carbocycles. The van der Waals surface area contributed by atoms with Crippen LogP contribution in [0, 0.1) is 0 Å². The first kappa shape index (κ1) is 28.1. The number of carbonyl (C=O) groups is 1. The molecule has 0 aromatic heterocycles. The second-order valence-corrected chi connectivity index (χ2v) is 7.78. The van der Waals surface area contributed by atoms with Gasteiger partial charge in [0.2, 0.25) is 5.75 Å². The summed E-state index contributed by atoms with van der Waals surface area (Å²) in [5, 5.41) is 10.4. The Bertz CT molecular complexity index is 884. The Morgan fingerprint density at radius 3 is 2.32 bits per heavy atom. The smallest absolute Gasteiger partial charge is 0.338 e. The van der Waals surface area contributed by atoms with Crippen molar-refractivity contribution in [3.8, 4) is 17.2 Å². The largest absolute Gasteiger partial charge is 0.493 e. The number of aliphatic hydroxyl groups excluding tert-OH is 1. The van der Waals surface area contributed by atoms with E-state index in [0.29, 0.717) is 30.3 Å². The molecule has 0 radical (unpaired) electrons. The minimum absolute atomic E-state index is 0. The Hall–Kier alpha value is -2.12. The molecule has 9 nitrogen and oxygen atoms in total. The van der Waals surface area contributed by atoms with Gasteiger partial charge in [-0.1, -0.05) is 37.8 Å². The molecule has 1 aliphatic heterocycles. The second kappa shape index (κ2) is 13.7. The molecule has 34 heavy (non-hydrogen) atoms. The first-order valence-corrected chi connectivity index (χ1v) is 11.1. The summed E-state index contributed by atoms with van der Waals surface area (Å²) in [6, 6.07) is 12.7. The third-order valence-corrected chi connectivity index (χ3v) is 5.84. The van der Waals surface area contributed by atoms with Crippen LogP contribution < -0.4 is 14.2 Å². The lowest BCUT2D eigenvalue weighted by Gasteiger charge is -2.36. The minimum atomic E-state index is -0.973. The van der Waals surface area contributed by atoms with Crippen molar-refractivity contribution in [3.05, 3.63) is 53.6 Å². The van der Waals surface area contributed by atoms with Crippen LogP contribution in [-0.2, 0) is 23.9 Å². The van der Waals surface area contributed by atoms with Gasteiger partial charge in [-0.05, 0) is 17.7 Å². The van der Waals surface area contributed by atoms with E-state index in [4.69, 9.17) is 31.5 Å². The number of hydrogen-bond acceptors (Lipinski definition) is 9. The first-order chi connectivity index (χ1) is 16.0. The molecule has 0 aliphatic carbocycles. The number of esters is 1. The number of aliphatic hydroxyl groups is 1. The van der Waals surface area contributed by atoms with Crippen LogP contribution in [0.4, 0.5) is 0 Å². The molecule has 2 aromatic rings. The fourth-order valence-corrected chi connectivity index (χ4v) is 3.90. The maximum atomic E-state index is 12.7. The minimum Gasteiger partial charge on any atom is -0.493 e. The lowest BCUT2D eigenvalue weighted by Crippen LogP contribution is -2.51. The molecular weight excluding hydrogens is 559 g/mol. The first-order valence-electron chi connectivity index (χ1n) is 10.2. The maximum Gasteiger partial charge on any atom is 0.338 e. The topological polar surface area (TPSA) is 102 Å². The lowest BCUT2D eigenvalue weighted by molar-refractivity contribution is -0.241. The Kier molecular flexibility index (Phi) is 11.3. The highest BCUT2D eigenvalue weighted by Gasteiger charge is 2.39. The van der Waals surface area contributed by atoms with Crippen molar-refractivity contribution in [2.75, 3.05) is 27.9 Å². The molecule has 2 unspecified atom stereocenters. The lowest BCUT2D eigenvalue weighted by atomic mass is 10.0. The Labute approximate surface area is 213 Å². The highest BCUT2D eigenvalue weighted by Crippen LogP contribution is 2.39. The van der Waals surface area contributed by atoms with Crippen LogP contribution >= 0.6 is 23.0 Å². The standard InChI is InChI=1S/C23H27IO9.CH4/c1-27-17-9-15(10-18(28-2)22(17)30-12-14-7-5-4-6-8-14)23(26)31-13-19-21(25)16(33-24)11-20(29-3)32-19;/h4-10,16,19-21,25H,11-13H2,1-3H3;1H4/t16?,19?,20-,21-;/m0./s1. The Morgan fingerprint density at radius 1 is 1.12 bits per heavy atom. The maximum absolute atomic E-state index is 12.7. The van der Waals surface area contributed by atoms with Crippen LogP contribution in [0.3, 0.4) is 0 Å². The number of ether oxygens (including phenoxy) is 6. The van der Waals surface area contributed by atoms with Gasteiger partial charge in [-0.2, -0.15) is 0 Å². The van der Waals surface area contributed by atoms with Crippen molar-refractivity contribution in [2.45, 2.75) is 45.1 Å². The SMILES string of the molecule is C.COc1cc(C(=O)OCC2O[C@H](OC)CC(OI)[C@@H]2O)cc(OC)c1OCc1ccccc1. The molecule has 3 rings (SSSR count). The van der Waals surface area contributed by atoms with E-state index in [-0.39, 0.29) is 19.6 Å². The van der Waals surface area contributed by atoms with Gasteiger partial charge in [-0.3, -0.25) is 0 Å². The summed E-state index contributed by atoms with van der Waals surface area (Å²) >= 11 is 1.72. The van der Waals surface area contributed by atoms with Gasteiger partial charge in [0.25, 0.3) is 0 Å². The van der Waals surface area contributed by atoms with E-state index in [1.165, 1.54) is 33.5 Å². The van der Waals surface area contributed by atoms with Gasteiger partial charge in [0.15, 0.2) is 17.8 Å². The van der Waals surface area contributed by atoms with Gasteiger partial charge in [-0.15, -0.1) is 0 Å². The zero-order chi connectivity index (χ0) is 23.8. The normalized spacial score (nSPS) is 21.8. The van der Waals surface area contributed by atoms with E-state index in [0.717, 1.165) is 5.56 Å². The Morgan fingerprint density at radius 2 is 1.76 bits per heavy atom. The number of methoxy groups -OCH3 is 3. The molecule has 0 amide bonds. The van der Waals surface area contributed by atoms with Crippen LogP contribution in [0.15, 0.2) is 42.5 Å². The number of carbonyl (C=O) groups excluding carboxylic acids is 1. The number of benzene rings is 2. The summed E-state index contributed by atoms with van der Waals surface area (Å²) in [4.78, 5) is 12.7. The van der Waals surface area contributed by atoms with Crippen molar-refractivity contribution >= 4 is 29.0 Å². The van der Waals surface area contributed by atoms with E-state index in [2.05, 4.69) is 0 Å². The van der Waals surface area contributed by atoms with Gasteiger partial charge in [-0.25, -0.2) is 4.79 Å². The van der Waals surface area contributed by atoms with Crippen LogP contribution in [0.1, 0.15) is 29.8 Å². The quantitative estimate of drug-likeness (QED) is 0.326.